The Morgan fingerprint density at radius 3 is 2.33 bits per heavy atom. The lowest BCUT2D eigenvalue weighted by atomic mass is 9.46. The van der Waals surface area contributed by atoms with Crippen molar-refractivity contribution in [1.29, 1.82) is 0 Å². The van der Waals surface area contributed by atoms with E-state index >= 15 is 0 Å². The van der Waals surface area contributed by atoms with Crippen LogP contribution in [0.5, 0.6) is 0 Å². The van der Waals surface area contributed by atoms with Crippen molar-refractivity contribution in [2.24, 2.45) is 46.3 Å². The highest BCUT2D eigenvalue weighted by atomic mass is 16.8. The molecule has 21 atom stereocenters. The van der Waals surface area contributed by atoms with E-state index in [1.807, 2.05) is 0 Å². The first-order valence-electron chi connectivity index (χ1n) is 20.3. The average molecular weight is 738 g/mol. The van der Waals surface area contributed by atoms with Crippen LogP contribution in [-0.4, -0.2) is 141 Å². The van der Waals surface area contributed by atoms with Gasteiger partial charge < -0.3 is 59.6 Å². The monoisotopic (exact) mass is 737 g/mol. The van der Waals surface area contributed by atoms with Crippen LogP contribution in [0, 0.1) is 46.3 Å². The highest BCUT2D eigenvalue weighted by Crippen LogP contribution is 2.67. The third-order valence-corrected chi connectivity index (χ3v) is 15.7. The van der Waals surface area contributed by atoms with Gasteiger partial charge in [0.05, 0.1) is 24.9 Å². The van der Waals surface area contributed by atoms with Crippen molar-refractivity contribution in [1.82, 2.24) is 4.90 Å². The molecule has 0 aromatic rings. The van der Waals surface area contributed by atoms with Gasteiger partial charge in [0.2, 0.25) is 0 Å². The van der Waals surface area contributed by atoms with E-state index in [1.165, 1.54) is 25.3 Å². The summed E-state index contributed by atoms with van der Waals surface area (Å²) in [5, 5.41) is 74.7. The number of allylic oxidation sites excluding steroid dienone is 1. The fourth-order valence-electron chi connectivity index (χ4n) is 12.8. The van der Waals surface area contributed by atoms with Gasteiger partial charge in [-0.05, 0) is 118 Å². The second-order valence-electron chi connectivity index (χ2n) is 18.7. The van der Waals surface area contributed by atoms with Gasteiger partial charge in [0.1, 0.15) is 42.7 Å². The van der Waals surface area contributed by atoms with Crippen LogP contribution >= 0.6 is 0 Å². The molecule has 0 bridgehead atoms. The maximum Gasteiger partial charge on any atom is 0.187 e. The number of hydrogen-bond donors (Lipinski definition) is 7. The first-order chi connectivity index (χ1) is 24.6. The first kappa shape index (κ1) is 39.5. The molecule has 0 spiro atoms. The van der Waals surface area contributed by atoms with Crippen LogP contribution in [0.25, 0.3) is 0 Å². The maximum atomic E-state index is 11.8. The Morgan fingerprint density at radius 2 is 1.62 bits per heavy atom. The molecule has 0 radical (unpaired) electrons. The Balaban J connectivity index is 1.05. The molecule has 52 heavy (non-hydrogen) atoms. The Morgan fingerprint density at radius 1 is 0.865 bits per heavy atom. The van der Waals surface area contributed by atoms with Crippen LogP contribution in [0.15, 0.2) is 11.6 Å². The maximum absolute atomic E-state index is 11.8. The van der Waals surface area contributed by atoms with E-state index in [1.54, 1.807) is 0 Å². The Kier molecular flexibility index (Phi) is 11.4. The van der Waals surface area contributed by atoms with Crippen LogP contribution in [0.1, 0.15) is 92.4 Å². The van der Waals surface area contributed by atoms with Gasteiger partial charge in [-0.15, -0.1) is 0 Å². The molecule has 7 aliphatic rings. The van der Waals surface area contributed by atoms with Crippen molar-refractivity contribution in [2.45, 2.75) is 172 Å². The van der Waals surface area contributed by atoms with Crippen molar-refractivity contribution in [3.8, 4) is 0 Å². The lowest BCUT2D eigenvalue weighted by Gasteiger charge is -2.59. The number of nitrogens with zero attached hydrogens (tertiary/aromatic N) is 1. The third kappa shape index (κ3) is 6.66. The number of aliphatic hydroxyl groups excluding tert-OH is 7. The van der Waals surface area contributed by atoms with E-state index in [0.717, 1.165) is 51.0 Å². The van der Waals surface area contributed by atoms with E-state index in [4.69, 9.17) is 18.9 Å². The molecule has 3 saturated heterocycles. The molecule has 4 aliphatic carbocycles. The number of likely N-dealkylation sites (tertiary alicyclic amines) is 1. The zero-order chi connectivity index (χ0) is 37.4. The summed E-state index contributed by atoms with van der Waals surface area (Å²) in [6.45, 7) is 11.8. The van der Waals surface area contributed by atoms with E-state index in [9.17, 15) is 35.7 Å². The summed E-state index contributed by atoms with van der Waals surface area (Å²) in [7, 11) is 2.28. The molecule has 7 N–H and O–H groups in total. The summed E-state index contributed by atoms with van der Waals surface area (Å²) >= 11 is 0. The van der Waals surface area contributed by atoms with Gasteiger partial charge >= 0.3 is 0 Å². The molecular formula is C40H67NO11. The minimum Gasteiger partial charge on any atom is -0.394 e. The highest BCUT2D eigenvalue weighted by molar-refractivity contribution is 5.26. The Bertz CT molecular complexity index is 1290. The summed E-state index contributed by atoms with van der Waals surface area (Å²) < 4.78 is 24.1. The molecule has 12 heteroatoms. The third-order valence-electron chi connectivity index (χ3n) is 15.7. The molecule has 0 aromatic carbocycles. The Labute approximate surface area is 309 Å². The van der Waals surface area contributed by atoms with Gasteiger partial charge in [0, 0.05) is 12.6 Å². The van der Waals surface area contributed by atoms with Crippen LogP contribution in [0.2, 0.25) is 0 Å². The predicted molar refractivity (Wildman–Crippen MR) is 190 cm³/mol. The van der Waals surface area contributed by atoms with Crippen molar-refractivity contribution in [3.63, 3.8) is 0 Å². The number of aliphatic hydroxyl groups is 7. The van der Waals surface area contributed by atoms with Crippen LogP contribution in [-0.2, 0) is 18.9 Å². The van der Waals surface area contributed by atoms with Gasteiger partial charge in [-0.25, -0.2) is 0 Å². The molecule has 3 aliphatic heterocycles. The van der Waals surface area contributed by atoms with Gasteiger partial charge in [-0.1, -0.05) is 39.3 Å². The fraction of sp³-hybridized carbons (Fsp3) is 0.950. The first-order valence-corrected chi connectivity index (χ1v) is 20.3. The van der Waals surface area contributed by atoms with Gasteiger partial charge in [0.25, 0.3) is 0 Å². The molecule has 3 saturated carbocycles. The number of hydrogen-bond acceptors (Lipinski definition) is 12. The fourth-order valence-corrected chi connectivity index (χ4v) is 12.8. The molecule has 6 fully saturated rings. The molecule has 7 rings (SSSR count). The van der Waals surface area contributed by atoms with Crippen molar-refractivity contribution < 1.29 is 54.7 Å². The minimum atomic E-state index is -1.61. The summed E-state index contributed by atoms with van der Waals surface area (Å²) in [6.07, 6.45) is -2.53. The van der Waals surface area contributed by atoms with Crippen LogP contribution in [0.3, 0.4) is 0 Å². The van der Waals surface area contributed by atoms with Crippen molar-refractivity contribution in [2.75, 3.05) is 20.2 Å². The number of ether oxygens (including phenoxy) is 4. The second-order valence-corrected chi connectivity index (χ2v) is 18.7. The topological polar surface area (TPSA) is 182 Å². The highest BCUT2D eigenvalue weighted by Gasteiger charge is 2.63. The predicted octanol–water partition coefficient (Wildman–Crippen LogP) is 1.94. The number of fused-ring (bicyclic) bond motifs is 5. The van der Waals surface area contributed by atoms with E-state index in [2.05, 4.69) is 45.7 Å². The molecule has 3 heterocycles. The summed E-state index contributed by atoms with van der Waals surface area (Å²) in [5.41, 5.74) is 1.51. The van der Waals surface area contributed by atoms with Crippen LogP contribution in [0.4, 0.5) is 0 Å². The summed E-state index contributed by atoms with van der Waals surface area (Å²) in [4.78, 5) is 2.56. The summed E-state index contributed by atoms with van der Waals surface area (Å²) in [6, 6.07) is 0.522. The van der Waals surface area contributed by atoms with Gasteiger partial charge in [0.15, 0.2) is 12.6 Å². The zero-order valence-electron chi connectivity index (χ0n) is 32.0. The standard InChI is InChI=1S/C40H67NO11/c1-19-7-10-27(41(6)17-19)20(2)30-28(43)16-26-24-9-8-22-15-23(11-13-39(22,4)25(24)12-14-40(26,30)5)50-38-36(34(47)32(45)29(18-42)51-38)52-37-35(48)33(46)31(44)21(3)49-37/h8,19-21,23-38,42-48H,7,9-18H2,1-6H3. The molecule has 0 aromatic heterocycles. The second kappa shape index (κ2) is 15.0. The molecular weight excluding hydrogens is 670 g/mol. The van der Waals surface area contributed by atoms with Gasteiger partial charge in [-0.3, -0.25) is 0 Å². The SMILES string of the molecule is CC1CCC(C(C)C2C(O)CC3C4CC=C5CC(OC6OC(CO)C(O)C(O)C6OC6OC(C)C(O)C(O)C6O)CCC5(C)C4CCC32C)N(C)C1. The molecule has 12 nitrogen and oxygen atoms in total. The van der Waals surface area contributed by atoms with E-state index < -0.39 is 68.0 Å². The van der Waals surface area contributed by atoms with E-state index in [-0.39, 0.29) is 23.0 Å². The molecule has 0 amide bonds. The Hall–Kier alpha value is -0.740. The number of piperidine rings is 1. The lowest BCUT2D eigenvalue weighted by molar-refractivity contribution is -0.369. The van der Waals surface area contributed by atoms with Crippen LogP contribution < -0.4 is 0 Å². The van der Waals surface area contributed by atoms with Gasteiger partial charge in [-0.2, -0.15) is 0 Å². The lowest BCUT2D eigenvalue weighted by Crippen LogP contribution is -2.64. The quantitative estimate of drug-likeness (QED) is 0.189. The zero-order valence-corrected chi connectivity index (χ0v) is 32.0. The average Bonchev–Trinajstić information content (AvgIpc) is 3.38. The normalized spacial score (nSPS) is 54.8. The summed E-state index contributed by atoms with van der Waals surface area (Å²) in [5.74, 6) is 3.03. The smallest absolute Gasteiger partial charge is 0.187 e. The largest absolute Gasteiger partial charge is 0.394 e. The molecule has 298 valence electrons. The van der Waals surface area contributed by atoms with Crippen molar-refractivity contribution >= 4 is 0 Å². The molecule has 21 unspecified atom stereocenters. The van der Waals surface area contributed by atoms with Crippen molar-refractivity contribution in [3.05, 3.63) is 11.6 Å². The number of rotatable bonds is 7. The minimum absolute atomic E-state index is 0.0122. The van der Waals surface area contributed by atoms with E-state index in [0.29, 0.717) is 42.1 Å².